The van der Waals surface area contributed by atoms with Gasteiger partial charge in [-0.2, -0.15) is 0 Å². The average molecular weight is 293 g/mol. The first-order valence-corrected chi connectivity index (χ1v) is 9.31. The molecule has 110 valence electrons. The average Bonchev–Trinajstić information content (AvgIpc) is 3.19. The van der Waals surface area contributed by atoms with Gasteiger partial charge in [0.2, 0.25) is 0 Å². The molecule has 0 bridgehead atoms. The van der Waals surface area contributed by atoms with Gasteiger partial charge in [0.25, 0.3) is 0 Å². The van der Waals surface area contributed by atoms with E-state index in [1.54, 1.807) is 0 Å². The summed E-state index contributed by atoms with van der Waals surface area (Å²) in [7, 11) is -2.75. The molecule has 1 saturated carbocycles. The lowest BCUT2D eigenvalue weighted by molar-refractivity contribution is 0.279. The maximum Gasteiger partial charge on any atom is 0.152 e. The van der Waals surface area contributed by atoms with Gasteiger partial charge >= 0.3 is 0 Å². The van der Waals surface area contributed by atoms with Crippen molar-refractivity contribution in [1.82, 2.24) is 4.90 Å². The van der Waals surface area contributed by atoms with Crippen molar-refractivity contribution in [3.63, 3.8) is 0 Å². The molecule has 0 atom stereocenters. The highest BCUT2D eigenvalue weighted by molar-refractivity contribution is 7.91. The molecule has 2 aliphatic rings. The number of hydrogen-bond donors (Lipinski definition) is 0. The zero-order chi connectivity index (χ0) is 14.2. The summed E-state index contributed by atoms with van der Waals surface area (Å²) in [5.41, 5.74) is 3.16. The topological polar surface area (TPSA) is 37.4 Å². The number of nitrogens with zero attached hydrogens (tertiary/aromatic N) is 1. The van der Waals surface area contributed by atoms with Gasteiger partial charge < -0.3 is 4.90 Å². The highest BCUT2D eigenvalue weighted by Crippen LogP contribution is 2.51. The van der Waals surface area contributed by atoms with Crippen LogP contribution in [0.3, 0.4) is 0 Å². The van der Waals surface area contributed by atoms with Gasteiger partial charge in [-0.25, -0.2) is 8.42 Å². The fraction of sp³-hybridized carbons (Fsp3) is 0.625. The molecule has 2 fully saturated rings. The Morgan fingerprint density at radius 1 is 1.10 bits per heavy atom. The van der Waals surface area contributed by atoms with Gasteiger partial charge in [0.15, 0.2) is 9.84 Å². The molecule has 1 aromatic rings. The quantitative estimate of drug-likeness (QED) is 0.853. The fourth-order valence-electron chi connectivity index (χ4n) is 3.09. The Morgan fingerprint density at radius 3 is 2.25 bits per heavy atom. The van der Waals surface area contributed by atoms with Gasteiger partial charge in [-0.1, -0.05) is 29.8 Å². The van der Waals surface area contributed by atoms with Gasteiger partial charge in [0.05, 0.1) is 11.5 Å². The largest absolute Gasteiger partial charge is 0.301 e. The zero-order valence-electron chi connectivity index (χ0n) is 12.1. The van der Waals surface area contributed by atoms with Gasteiger partial charge in [0, 0.05) is 13.1 Å². The molecule has 1 aromatic carbocycles. The molecule has 20 heavy (non-hydrogen) atoms. The molecule has 0 spiro atoms. The lowest BCUT2D eigenvalue weighted by Gasteiger charge is -2.28. The molecule has 1 aliphatic carbocycles. The standard InChI is InChI=1S/C16H23NO2S/c1-14-2-4-15(5-3-14)16(6-7-16)8-9-17-10-12-20(18,19)13-11-17/h2-5H,6-13H2,1H3. The first-order valence-electron chi connectivity index (χ1n) is 7.49. The summed E-state index contributed by atoms with van der Waals surface area (Å²) in [4.78, 5) is 2.31. The normalized spacial score (nSPS) is 24.4. The van der Waals surface area contributed by atoms with Crippen molar-refractivity contribution in [2.24, 2.45) is 0 Å². The lowest BCUT2D eigenvalue weighted by atomic mass is 9.91. The summed E-state index contributed by atoms with van der Waals surface area (Å²) in [6.45, 7) is 4.58. The van der Waals surface area contributed by atoms with Crippen LogP contribution in [0.25, 0.3) is 0 Å². The minimum absolute atomic E-state index is 0.338. The Labute approximate surface area is 121 Å². The van der Waals surface area contributed by atoms with E-state index in [1.165, 1.54) is 24.0 Å². The van der Waals surface area contributed by atoms with E-state index in [0.29, 0.717) is 30.0 Å². The predicted octanol–water partition coefficient (Wildman–Crippen LogP) is 2.15. The van der Waals surface area contributed by atoms with E-state index in [9.17, 15) is 8.42 Å². The molecular formula is C16H23NO2S. The Hall–Kier alpha value is -0.870. The third kappa shape index (κ3) is 3.07. The molecule has 0 unspecified atom stereocenters. The summed E-state index contributed by atoms with van der Waals surface area (Å²) in [5, 5.41) is 0. The first kappa shape index (κ1) is 14.1. The van der Waals surface area contributed by atoms with Gasteiger partial charge in [-0.05, 0) is 43.7 Å². The summed E-state index contributed by atoms with van der Waals surface area (Å²) in [6.07, 6.45) is 3.72. The van der Waals surface area contributed by atoms with Crippen LogP contribution < -0.4 is 0 Å². The van der Waals surface area contributed by atoms with Gasteiger partial charge in [-0.15, -0.1) is 0 Å². The van der Waals surface area contributed by atoms with E-state index < -0.39 is 9.84 Å². The monoisotopic (exact) mass is 293 g/mol. The van der Waals surface area contributed by atoms with Crippen molar-refractivity contribution in [3.05, 3.63) is 35.4 Å². The molecule has 3 rings (SSSR count). The van der Waals surface area contributed by atoms with Crippen molar-refractivity contribution in [3.8, 4) is 0 Å². The van der Waals surface area contributed by atoms with Crippen molar-refractivity contribution in [2.75, 3.05) is 31.1 Å². The summed E-state index contributed by atoms with van der Waals surface area (Å²) in [6, 6.07) is 8.93. The minimum Gasteiger partial charge on any atom is -0.301 e. The SMILES string of the molecule is Cc1ccc(C2(CCN3CCS(=O)(=O)CC3)CC2)cc1. The molecule has 0 N–H and O–H groups in total. The number of aryl methyl sites for hydroxylation is 1. The third-order valence-corrected chi connectivity index (χ3v) is 6.47. The van der Waals surface area contributed by atoms with Crippen LogP contribution in [0, 0.1) is 6.92 Å². The molecule has 3 nitrogen and oxygen atoms in total. The zero-order valence-corrected chi connectivity index (χ0v) is 13.0. The Kier molecular flexibility index (Phi) is 3.63. The molecule has 4 heteroatoms. The molecule has 1 aliphatic heterocycles. The van der Waals surface area contributed by atoms with Crippen molar-refractivity contribution in [2.45, 2.75) is 31.6 Å². The van der Waals surface area contributed by atoms with Crippen LogP contribution in [0.2, 0.25) is 0 Å². The van der Waals surface area contributed by atoms with Crippen LogP contribution in [0.1, 0.15) is 30.4 Å². The van der Waals surface area contributed by atoms with Crippen LogP contribution in [0.4, 0.5) is 0 Å². The molecule has 0 amide bonds. The lowest BCUT2D eigenvalue weighted by Crippen LogP contribution is -2.41. The number of hydrogen-bond acceptors (Lipinski definition) is 3. The Bertz CT molecular complexity index is 559. The fourth-order valence-corrected chi connectivity index (χ4v) is 4.36. The van der Waals surface area contributed by atoms with Crippen LogP contribution in [-0.2, 0) is 15.3 Å². The summed E-state index contributed by atoms with van der Waals surface area (Å²) in [5.74, 6) is 0.676. The predicted molar refractivity (Wildman–Crippen MR) is 81.8 cm³/mol. The second-order valence-electron chi connectivity index (χ2n) is 6.39. The number of sulfone groups is 1. The van der Waals surface area contributed by atoms with Crippen molar-refractivity contribution < 1.29 is 8.42 Å². The van der Waals surface area contributed by atoms with Crippen LogP contribution in [-0.4, -0.2) is 44.5 Å². The number of rotatable bonds is 4. The molecule has 1 heterocycles. The van der Waals surface area contributed by atoms with Crippen LogP contribution in [0.5, 0.6) is 0 Å². The maximum atomic E-state index is 11.4. The van der Waals surface area contributed by atoms with Crippen LogP contribution in [0.15, 0.2) is 24.3 Å². The Morgan fingerprint density at radius 2 is 1.70 bits per heavy atom. The summed E-state index contributed by atoms with van der Waals surface area (Å²) >= 11 is 0. The smallest absolute Gasteiger partial charge is 0.152 e. The minimum atomic E-state index is -2.75. The van der Waals surface area contributed by atoms with E-state index in [4.69, 9.17) is 0 Å². The third-order valence-electron chi connectivity index (χ3n) is 4.86. The number of benzene rings is 1. The van der Waals surface area contributed by atoms with Crippen molar-refractivity contribution in [1.29, 1.82) is 0 Å². The second-order valence-corrected chi connectivity index (χ2v) is 8.69. The Balaban J connectivity index is 1.57. The van der Waals surface area contributed by atoms with E-state index in [-0.39, 0.29) is 0 Å². The molecule has 1 saturated heterocycles. The molecular weight excluding hydrogens is 270 g/mol. The van der Waals surface area contributed by atoms with Gasteiger partial charge in [0.1, 0.15) is 0 Å². The van der Waals surface area contributed by atoms with Gasteiger partial charge in [-0.3, -0.25) is 0 Å². The van der Waals surface area contributed by atoms with E-state index in [0.717, 1.165) is 13.0 Å². The first-order chi connectivity index (χ1) is 9.49. The van der Waals surface area contributed by atoms with E-state index >= 15 is 0 Å². The molecule has 0 radical (unpaired) electrons. The van der Waals surface area contributed by atoms with Crippen molar-refractivity contribution >= 4 is 9.84 Å². The second kappa shape index (κ2) is 5.15. The summed E-state index contributed by atoms with van der Waals surface area (Å²) < 4.78 is 22.9. The van der Waals surface area contributed by atoms with Crippen LogP contribution >= 0.6 is 0 Å². The highest BCUT2D eigenvalue weighted by Gasteiger charge is 2.43. The van der Waals surface area contributed by atoms with E-state index in [2.05, 4.69) is 36.1 Å². The molecule has 0 aromatic heterocycles. The maximum absolute atomic E-state index is 11.4. The van der Waals surface area contributed by atoms with E-state index in [1.807, 2.05) is 0 Å². The highest BCUT2D eigenvalue weighted by atomic mass is 32.2.